The number of fused-ring (bicyclic) bond motifs is 1. The first-order chi connectivity index (χ1) is 13.9. The molecular formula is C21H27N7O. The number of amides is 2. The van der Waals surface area contributed by atoms with Crippen molar-refractivity contribution in [1.82, 2.24) is 29.8 Å². The number of benzene rings is 1. The molecule has 29 heavy (non-hydrogen) atoms. The highest BCUT2D eigenvalue weighted by Gasteiger charge is 2.24. The molecule has 0 bridgehead atoms. The molecule has 1 N–H and O–H groups in total. The number of carbonyl (C=O) groups excluding carboxylic acids is 1. The summed E-state index contributed by atoms with van der Waals surface area (Å²) in [5, 5.41) is 13.2. The second-order valence-electron chi connectivity index (χ2n) is 7.94. The molecule has 0 saturated carbocycles. The molecule has 0 aliphatic carbocycles. The summed E-state index contributed by atoms with van der Waals surface area (Å²) in [6, 6.07) is 6.21. The van der Waals surface area contributed by atoms with Gasteiger partial charge in [0.1, 0.15) is 11.5 Å². The van der Waals surface area contributed by atoms with Crippen molar-refractivity contribution < 1.29 is 4.79 Å². The van der Waals surface area contributed by atoms with E-state index < -0.39 is 0 Å². The van der Waals surface area contributed by atoms with E-state index in [9.17, 15) is 4.79 Å². The summed E-state index contributed by atoms with van der Waals surface area (Å²) in [6.45, 7) is 4.08. The fraction of sp³-hybridized carbons (Fsp3) is 0.429. The quantitative estimate of drug-likeness (QED) is 0.740. The van der Waals surface area contributed by atoms with Gasteiger partial charge in [0, 0.05) is 37.3 Å². The highest BCUT2D eigenvalue weighted by molar-refractivity contribution is 5.94. The number of aromatic nitrogens is 4. The second kappa shape index (κ2) is 7.79. The topological polar surface area (TPSA) is 79.2 Å². The van der Waals surface area contributed by atoms with Gasteiger partial charge in [-0.15, -0.1) is 5.10 Å². The summed E-state index contributed by atoms with van der Waals surface area (Å²) in [4.78, 5) is 21.3. The van der Waals surface area contributed by atoms with Gasteiger partial charge in [-0.2, -0.15) is 0 Å². The van der Waals surface area contributed by atoms with Crippen molar-refractivity contribution in [3.05, 3.63) is 36.2 Å². The molecule has 3 aromatic rings. The number of nitrogens with zero attached hydrogens (tertiary/aromatic N) is 6. The largest absolute Gasteiger partial charge is 0.324 e. The lowest BCUT2D eigenvalue weighted by Gasteiger charge is -2.34. The first-order valence-electron chi connectivity index (χ1n) is 9.90. The number of nitrogens with one attached hydrogen (secondary N) is 1. The molecule has 0 spiro atoms. The van der Waals surface area contributed by atoms with Crippen LogP contribution in [-0.2, 0) is 7.05 Å². The summed E-state index contributed by atoms with van der Waals surface area (Å²) in [6.07, 6.45) is 5.69. The number of hydrogen-bond donors (Lipinski definition) is 1. The van der Waals surface area contributed by atoms with Gasteiger partial charge in [0.25, 0.3) is 0 Å². The van der Waals surface area contributed by atoms with Crippen molar-refractivity contribution in [2.45, 2.75) is 25.8 Å². The summed E-state index contributed by atoms with van der Waals surface area (Å²) >= 11 is 0. The number of anilines is 1. The van der Waals surface area contributed by atoms with Gasteiger partial charge in [0.05, 0.1) is 6.20 Å². The number of urea groups is 1. The van der Waals surface area contributed by atoms with Crippen molar-refractivity contribution in [3.63, 3.8) is 0 Å². The van der Waals surface area contributed by atoms with Gasteiger partial charge in [0.2, 0.25) is 0 Å². The molecule has 0 unspecified atom stereocenters. The van der Waals surface area contributed by atoms with Crippen molar-refractivity contribution in [3.8, 4) is 11.3 Å². The van der Waals surface area contributed by atoms with Crippen LogP contribution in [0.15, 0.2) is 30.6 Å². The normalized spacial score (nSPS) is 15.6. The van der Waals surface area contributed by atoms with Crippen LogP contribution in [0, 0.1) is 6.92 Å². The average Bonchev–Trinajstić information content (AvgIpc) is 3.14. The predicted octanol–water partition coefficient (Wildman–Crippen LogP) is 2.90. The molecule has 2 amide bonds. The number of aryl methyl sites for hydroxylation is 2. The molecule has 1 saturated heterocycles. The standard InChI is InChI=1S/C21H27N7O/c1-14-9-16(19-13-27(3)25-24-19)10-15-11-20(22-12-18(14)15)23-21(29)28(4)17-5-7-26(2)8-6-17/h9-13,17H,5-8H2,1-4H3,(H,22,23,29). The lowest BCUT2D eigenvalue weighted by atomic mass is 10.0. The predicted molar refractivity (Wildman–Crippen MR) is 114 cm³/mol. The zero-order chi connectivity index (χ0) is 20.5. The van der Waals surface area contributed by atoms with Gasteiger partial charge in [-0.3, -0.25) is 10.00 Å². The van der Waals surface area contributed by atoms with E-state index >= 15 is 0 Å². The Bertz CT molecular complexity index is 1040. The Kier molecular flexibility index (Phi) is 5.19. The van der Waals surface area contributed by atoms with Crippen LogP contribution in [0.5, 0.6) is 0 Å². The molecule has 2 aromatic heterocycles. The van der Waals surface area contributed by atoms with E-state index in [4.69, 9.17) is 0 Å². The van der Waals surface area contributed by atoms with E-state index in [0.717, 1.165) is 53.5 Å². The third-order valence-corrected chi connectivity index (χ3v) is 5.73. The van der Waals surface area contributed by atoms with E-state index in [1.807, 2.05) is 32.6 Å². The Hall–Kier alpha value is -3.00. The minimum Gasteiger partial charge on any atom is -0.324 e. The summed E-state index contributed by atoms with van der Waals surface area (Å²) in [5.41, 5.74) is 2.92. The number of likely N-dealkylation sites (tertiary alicyclic amines) is 1. The number of rotatable bonds is 3. The second-order valence-corrected chi connectivity index (χ2v) is 7.94. The van der Waals surface area contributed by atoms with Crippen molar-refractivity contribution >= 4 is 22.6 Å². The van der Waals surface area contributed by atoms with Gasteiger partial charge < -0.3 is 9.80 Å². The molecular weight excluding hydrogens is 366 g/mol. The van der Waals surface area contributed by atoms with Gasteiger partial charge in [-0.05, 0) is 69.1 Å². The summed E-state index contributed by atoms with van der Waals surface area (Å²) < 4.78 is 1.69. The Balaban J connectivity index is 1.55. The zero-order valence-electron chi connectivity index (χ0n) is 17.4. The number of carbonyl (C=O) groups is 1. The van der Waals surface area contributed by atoms with Crippen LogP contribution in [-0.4, -0.2) is 69.0 Å². The smallest absolute Gasteiger partial charge is 0.323 e. The van der Waals surface area contributed by atoms with E-state index in [2.05, 4.69) is 51.6 Å². The van der Waals surface area contributed by atoms with Crippen LogP contribution >= 0.6 is 0 Å². The Labute approximate surface area is 170 Å². The van der Waals surface area contributed by atoms with E-state index in [1.165, 1.54) is 0 Å². The maximum atomic E-state index is 12.7. The molecule has 1 fully saturated rings. The molecule has 8 heteroatoms. The van der Waals surface area contributed by atoms with E-state index in [1.54, 1.807) is 9.58 Å². The number of piperidine rings is 1. The fourth-order valence-corrected chi connectivity index (χ4v) is 3.88. The van der Waals surface area contributed by atoms with E-state index in [0.29, 0.717) is 5.82 Å². The monoisotopic (exact) mass is 393 g/mol. The molecule has 152 valence electrons. The molecule has 0 atom stereocenters. The number of hydrogen-bond acceptors (Lipinski definition) is 5. The zero-order valence-corrected chi connectivity index (χ0v) is 17.4. The third-order valence-electron chi connectivity index (χ3n) is 5.73. The van der Waals surface area contributed by atoms with Crippen molar-refractivity contribution in [1.29, 1.82) is 0 Å². The van der Waals surface area contributed by atoms with Gasteiger partial charge in [-0.1, -0.05) is 5.21 Å². The maximum Gasteiger partial charge on any atom is 0.323 e. The fourth-order valence-electron chi connectivity index (χ4n) is 3.88. The van der Waals surface area contributed by atoms with Crippen LogP contribution in [0.4, 0.5) is 10.6 Å². The van der Waals surface area contributed by atoms with Crippen LogP contribution in [0.25, 0.3) is 22.0 Å². The van der Waals surface area contributed by atoms with Gasteiger partial charge >= 0.3 is 6.03 Å². The summed E-state index contributed by atoms with van der Waals surface area (Å²) in [7, 11) is 5.83. The first kappa shape index (κ1) is 19.3. The van der Waals surface area contributed by atoms with Gasteiger partial charge in [-0.25, -0.2) is 9.78 Å². The SMILES string of the molecule is Cc1cc(-c2cn(C)nn2)cc2cc(NC(=O)N(C)C3CCN(C)CC3)ncc12. The molecule has 4 rings (SSSR count). The van der Waals surface area contributed by atoms with Crippen LogP contribution in [0.3, 0.4) is 0 Å². The lowest BCUT2D eigenvalue weighted by molar-refractivity contribution is 0.156. The first-order valence-corrected chi connectivity index (χ1v) is 9.90. The maximum absolute atomic E-state index is 12.7. The highest BCUT2D eigenvalue weighted by atomic mass is 16.2. The summed E-state index contributed by atoms with van der Waals surface area (Å²) in [5.74, 6) is 0.554. The van der Waals surface area contributed by atoms with E-state index in [-0.39, 0.29) is 12.1 Å². The Morgan fingerprint density at radius 2 is 1.97 bits per heavy atom. The molecule has 1 aliphatic rings. The highest BCUT2D eigenvalue weighted by Crippen LogP contribution is 2.27. The molecule has 1 aliphatic heterocycles. The van der Waals surface area contributed by atoms with Gasteiger partial charge in [0.15, 0.2) is 0 Å². The van der Waals surface area contributed by atoms with Crippen LogP contribution < -0.4 is 5.32 Å². The average molecular weight is 393 g/mol. The minimum absolute atomic E-state index is 0.117. The molecule has 3 heterocycles. The Morgan fingerprint density at radius 3 is 2.66 bits per heavy atom. The van der Waals surface area contributed by atoms with Crippen LogP contribution in [0.1, 0.15) is 18.4 Å². The van der Waals surface area contributed by atoms with Crippen molar-refractivity contribution in [2.75, 3.05) is 32.5 Å². The lowest BCUT2D eigenvalue weighted by Crippen LogP contribution is -2.46. The molecule has 1 aromatic carbocycles. The minimum atomic E-state index is -0.117. The number of pyridine rings is 1. The third kappa shape index (κ3) is 4.07. The molecule has 0 radical (unpaired) electrons. The molecule has 8 nitrogen and oxygen atoms in total. The van der Waals surface area contributed by atoms with Crippen LogP contribution in [0.2, 0.25) is 0 Å². The van der Waals surface area contributed by atoms with Crippen molar-refractivity contribution in [2.24, 2.45) is 7.05 Å². The Morgan fingerprint density at radius 1 is 1.21 bits per heavy atom.